The Labute approximate surface area is 94.7 Å². The SMILES string of the molecule is O=c1sccn1Cc1cccc([N+](=O)[O-])c1. The molecular weight excluding hydrogens is 228 g/mol. The van der Waals surface area contributed by atoms with E-state index < -0.39 is 4.92 Å². The van der Waals surface area contributed by atoms with E-state index in [4.69, 9.17) is 0 Å². The average molecular weight is 236 g/mol. The lowest BCUT2D eigenvalue weighted by Gasteiger charge is -2.01. The summed E-state index contributed by atoms with van der Waals surface area (Å²) < 4.78 is 1.52. The molecule has 0 fully saturated rings. The summed E-state index contributed by atoms with van der Waals surface area (Å²) in [6, 6.07) is 6.28. The zero-order valence-electron chi connectivity index (χ0n) is 8.20. The van der Waals surface area contributed by atoms with Crippen molar-refractivity contribution in [3.63, 3.8) is 0 Å². The molecule has 0 saturated carbocycles. The fraction of sp³-hybridized carbons (Fsp3) is 0.100. The molecule has 2 rings (SSSR count). The Morgan fingerprint density at radius 2 is 2.25 bits per heavy atom. The van der Waals surface area contributed by atoms with E-state index in [-0.39, 0.29) is 10.6 Å². The van der Waals surface area contributed by atoms with Gasteiger partial charge in [0.1, 0.15) is 0 Å². The molecule has 1 aromatic carbocycles. The molecule has 0 N–H and O–H groups in total. The molecule has 0 aliphatic rings. The first-order valence-electron chi connectivity index (χ1n) is 4.54. The van der Waals surface area contributed by atoms with Gasteiger partial charge in [-0.15, -0.1) is 0 Å². The summed E-state index contributed by atoms with van der Waals surface area (Å²) in [6.45, 7) is 0.365. The number of nitrogens with zero attached hydrogens (tertiary/aromatic N) is 2. The molecule has 0 aliphatic heterocycles. The first-order valence-corrected chi connectivity index (χ1v) is 5.42. The Bertz CT molecular complexity index is 573. The van der Waals surface area contributed by atoms with Gasteiger partial charge in [0.15, 0.2) is 0 Å². The third-order valence-corrected chi connectivity index (χ3v) is 2.81. The highest BCUT2D eigenvalue weighted by Gasteiger charge is 2.06. The lowest BCUT2D eigenvalue weighted by Crippen LogP contribution is -2.12. The molecule has 0 saturated heterocycles. The van der Waals surface area contributed by atoms with Gasteiger partial charge in [0.05, 0.1) is 11.5 Å². The Morgan fingerprint density at radius 1 is 1.44 bits per heavy atom. The van der Waals surface area contributed by atoms with Gasteiger partial charge in [-0.05, 0) is 5.56 Å². The molecule has 0 atom stereocenters. The summed E-state index contributed by atoms with van der Waals surface area (Å²) in [5.74, 6) is 0. The molecule has 0 radical (unpaired) electrons. The van der Waals surface area contributed by atoms with Crippen molar-refractivity contribution in [2.75, 3.05) is 0 Å². The zero-order chi connectivity index (χ0) is 11.5. The summed E-state index contributed by atoms with van der Waals surface area (Å²) in [4.78, 5) is 21.3. The molecule has 0 amide bonds. The van der Waals surface area contributed by atoms with Crippen LogP contribution in [0.4, 0.5) is 5.69 Å². The summed E-state index contributed by atoms with van der Waals surface area (Å²) >= 11 is 1.11. The smallest absolute Gasteiger partial charge is 0.302 e. The van der Waals surface area contributed by atoms with E-state index in [0.29, 0.717) is 6.54 Å². The van der Waals surface area contributed by atoms with E-state index in [9.17, 15) is 14.9 Å². The maximum Gasteiger partial charge on any atom is 0.307 e. The number of nitro benzene ring substituents is 1. The Balaban J connectivity index is 2.29. The first kappa shape index (κ1) is 10.6. The molecule has 0 unspecified atom stereocenters. The summed E-state index contributed by atoms with van der Waals surface area (Å²) in [5.41, 5.74) is 0.787. The predicted molar refractivity (Wildman–Crippen MR) is 60.8 cm³/mol. The molecule has 16 heavy (non-hydrogen) atoms. The standard InChI is InChI=1S/C10H8N2O3S/c13-10-11(4-5-16-10)7-8-2-1-3-9(6-8)12(14)15/h1-6H,7H2. The van der Waals surface area contributed by atoms with E-state index >= 15 is 0 Å². The summed E-state index contributed by atoms with van der Waals surface area (Å²) in [7, 11) is 0. The minimum atomic E-state index is -0.445. The fourth-order valence-corrected chi connectivity index (χ4v) is 1.96. The van der Waals surface area contributed by atoms with Crippen LogP contribution in [0, 0.1) is 10.1 Å². The number of benzene rings is 1. The third kappa shape index (κ3) is 2.17. The van der Waals surface area contributed by atoms with Crippen LogP contribution in [0.1, 0.15) is 5.56 Å². The van der Waals surface area contributed by atoms with Crippen LogP contribution in [0.5, 0.6) is 0 Å². The zero-order valence-corrected chi connectivity index (χ0v) is 9.02. The highest BCUT2D eigenvalue weighted by molar-refractivity contribution is 7.07. The molecule has 1 aromatic heterocycles. The highest BCUT2D eigenvalue weighted by Crippen LogP contribution is 2.13. The van der Waals surface area contributed by atoms with E-state index in [1.54, 1.807) is 23.7 Å². The summed E-state index contributed by atoms with van der Waals surface area (Å²) in [5, 5.41) is 12.3. The monoisotopic (exact) mass is 236 g/mol. The van der Waals surface area contributed by atoms with Gasteiger partial charge in [-0.2, -0.15) is 0 Å². The van der Waals surface area contributed by atoms with Crippen molar-refractivity contribution in [3.05, 3.63) is 61.2 Å². The number of non-ortho nitro benzene ring substituents is 1. The molecule has 0 aliphatic carbocycles. The van der Waals surface area contributed by atoms with Crippen LogP contribution >= 0.6 is 11.3 Å². The quantitative estimate of drug-likeness (QED) is 0.603. The van der Waals surface area contributed by atoms with Crippen molar-refractivity contribution >= 4 is 17.0 Å². The van der Waals surface area contributed by atoms with Crippen LogP contribution in [0.2, 0.25) is 0 Å². The molecule has 1 heterocycles. The largest absolute Gasteiger partial charge is 0.307 e. The number of hydrogen-bond acceptors (Lipinski definition) is 4. The number of aromatic nitrogens is 1. The van der Waals surface area contributed by atoms with Crippen LogP contribution in [0.3, 0.4) is 0 Å². The van der Waals surface area contributed by atoms with Crippen molar-refractivity contribution < 1.29 is 4.92 Å². The average Bonchev–Trinajstić information content (AvgIpc) is 2.65. The number of thiazole rings is 1. The van der Waals surface area contributed by atoms with Crippen LogP contribution < -0.4 is 4.87 Å². The second kappa shape index (κ2) is 4.28. The van der Waals surface area contributed by atoms with E-state index in [0.717, 1.165) is 16.9 Å². The number of rotatable bonds is 3. The van der Waals surface area contributed by atoms with Gasteiger partial charge in [0, 0.05) is 23.7 Å². The van der Waals surface area contributed by atoms with Crippen molar-refractivity contribution in [2.24, 2.45) is 0 Å². The Hall–Kier alpha value is -1.95. The molecule has 0 spiro atoms. The molecular formula is C10H8N2O3S. The molecule has 0 bridgehead atoms. The van der Waals surface area contributed by atoms with Crippen LogP contribution in [-0.4, -0.2) is 9.49 Å². The molecule has 6 heteroatoms. The summed E-state index contributed by atoms with van der Waals surface area (Å²) in [6.07, 6.45) is 1.67. The topological polar surface area (TPSA) is 65.1 Å². The van der Waals surface area contributed by atoms with Crippen molar-refractivity contribution in [1.82, 2.24) is 4.57 Å². The van der Waals surface area contributed by atoms with Gasteiger partial charge in [-0.3, -0.25) is 14.9 Å². The van der Waals surface area contributed by atoms with Crippen LogP contribution in [0.15, 0.2) is 40.6 Å². The van der Waals surface area contributed by atoms with Crippen LogP contribution in [-0.2, 0) is 6.54 Å². The van der Waals surface area contributed by atoms with Crippen molar-refractivity contribution in [2.45, 2.75) is 6.54 Å². The van der Waals surface area contributed by atoms with Crippen LogP contribution in [0.25, 0.3) is 0 Å². The molecule has 82 valence electrons. The fourth-order valence-electron chi connectivity index (χ4n) is 1.37. The Morgan fingerprint density at radius 3 is 2.88 bits per heavy atom. The van der Waals surface area contributed by atoms with Crippen molar-refractivity contribution in [1.29, 1.82) is 0 Å². The Kier molecular flexibility index (Phi) is 2.82. The minimum absolute atomic E-state index is 0.0424. The minimum Gasteiger partial charge on any atom is -0.302 e. The number of nitro groups is 1. The molecule has 5 nitrogen and oxygen atoms in total. The van der Waals surface area contributed by atoms with Gasteiger partial charge in [-0.25, -0.2) is 0 Å². The van der Waals surface area contributed by atoms with E-state index in [1.165, 1.54) is 16.7 Å². The second-order valence-electron chi connectivity index (χ2n) is 3.22. The van der Waals surface area contributed by atoms with Crippen molar-refractivity contribution in [3.8, 4) is 0 Å². The van der Waals surface area contributed by atoms with E-state index in [1.807, 2.05) is 0 Å². The molecule has 2 aromatic rings. The normalized spacial score (nSPS) is 10.2. The lowest BCUT2D eigenvalue weighted by molar-refractivity contribution is -0.384. The van der Waals surface area contributed by atoms with Gasteiger partial charge >= 0.3 is 4.87 Å². The first-order chi connectivity index (χ1) is 7.66. The number of hydrogen-bond donors (Lipinski definition) is 0. The van der Waals surface area contributed by atoms with Gasteiger partial charge < -0.3 is 4.57 Å². The second-order valence-corrected chi connectivity index (χ2v) is 4.08. The predicted octanol–water partition coefficient (Wildman–Crippen LogP) is 1.87. The van der Waals surface area contributed by atoms with Gasteiger partial charge in [0.25, 0.3) is 5.69 Å². The third-order valence-electron chi connectivity index (χ3n) is 2.12. The lowest BCUT2D eigenvalue weighted by atomic mass is 10.2. The highest BCUT2D eigenvalue weighted by atomic mass is 32.1. The maximum atomic E-state index is 11.3. The van der Waals surface area contributed by atoms with Gasteiger partial charge in [-0.1, -0.05) is 23.5 Å². The van der Waals surface area contributed by atoms with Gasteiger partial charge in [0.2, 0.25) is 0 Å². The maximum absolute atomic E-state index is 11.3. The van der Waals surface area contributed by atoms with E-state index in [2.05, 4.69) is 0 Å².